The predicted molar refractivity (Wildman–Crippen MR) is 85.0 cm³/mol. The van der Waals surface area contributed by atoms with Crippen LogP contribution in [-0.2, 0) is 16.1 Å². The molecule has 0 spiro atoms. The van der Waals surface area contributed by atoms with Crippen molar-refractivity contribution in [3.05, 3.63) is 29.8 Å². The maximum Gasteiger partial charge on any atom is 0.312 e. The monoisotopic (exact) mass is 295 g/mol. The van der Waals surface area contributed by atoms with Crippen LogP contribution in [0, 0.1) is 5.41 Å². The summed E-state index contributed by atoms with van der Waals surface area (Å²) >= 11 is 1.70. The summed E-state index contributed by atoms with van der Waals surface area (Å²) < 4.78 is 4.83. The van der Waals surface area contributed by atoms with Crippen LogP contribution < -0.4 is 5.32 Å². The van der Waals surface area contributed by atoms with E-state index in [1.807, 2.05) is 13.8 Å². The van der Waals surface area contributed by atoms with Crippen LogP contribution in [0.1, 0.15) is 32.8 Å². The maximum atomic E-state index is 11.7. The number of hydrogen-bond donors (Lipinski definition) is 1. The van der Waals surface area contributed by atoms with Crippen molar-refractivity contribution in [1.82, 2.24) is 5.32 Å². The fourth-order valence-electron chi connectivity index (χ4n) is 1.75. The van der Waals surface area contributed by atoms with E-state index in [1.165, 1.54) is 17.6 Å². The SMILES string of the molecule is CCCNCc1cccc(SCC(C)(C)C(=O)OC)c1. The van der Waals surface area contributed by atoms with E-state index in [2.05, 4.69) is 36.5 Å². The Bertz CT molecular complexity index is 432. The second kappa shape index (κ2) is 8.32. The van der Waals surface area contributed by atoms with Crippen LogP contribution in [0.5, 0.6) is 0 Å². The number of carbonyl (C=O) groups excluding carboxylic acids is 1. The van der Waals surface area contributed by atoms with Crippen molar-refractivity contribution in [2.24, 2.45) is 5.41 Å². The van der Waals surface area contributed by atoms with Crippen molar-refractivity contribution < 1.29 is 9.53 Å². The largest absolute Gasteiger partial charge is 0.469 e. The molecule has 20 heavy (non-hydrogen) atoms. The molecule has 1 aromatic rings. The summed E-state index contributed by atoms with van der Waals surface area (Å²) in [6.07, 6.45) is 1.14. The highest BCUT2D eigenvalue weighted by Gasteiger charge is 2.28. The topological polar surface area (TPSA) is 38.3 Å². The number of methoxy groups -OCH3 is 1. The van der Waals surface area contributed by atoms with Gasteiger partial charge in [0.05, 0.1) is 12.5 Å². The Kier molecular flexibility index (Phi) is 7.10. The first kappa shape index (κ1) is 17.1. The van der Waals surface area contributed by atoms with E-state index in [4.69, 9.17) is 4.74 Å². The van der Waals surface area contributed by atoms with Crippen molar-refractivity contribution >= 4 is 17.7 Å². The summed E-state index contributed by atoms with van der Waals surface area (Å²) in [4.78, 5) is 12.8. The molecule has 0 saturated carbocycles. The summed E-state index contributed by atoms with van der Waals surface area (Å²) in [6, 6.07) is 8.45. The second-order valence-electron chi connectivity index (χ2n) is 5.49. The standard InChI is InChI=1S/C16H25NO2S/c1-5-9-17-11-13-7-6-8-14(10-13)20-12-16(2,3)15(18)19-4/h6-8,10,17H,5,9,11-12H2,1-4H3. The molecule has 1 N–H and O–H groups in total. The van der Waals surface area contributed by atoms with Gasteiger partial charge in [0.25, 0.3) is 0 Å². The summed E-state index contributed by atoms with van der Waals surface area (Å²) in [5.74, 6) is 0.552. The molecule has 0 aliphatic carbocycles. The third-order valence-electron chi connectivity index (χ3n) is 2.99. The Morgan fingerprint density at radius 2 is 2.15 bits per heavy atom. The molecule has 1 rings (SSSR count). The molecule has 0 amide bonds. The van der Waals surface area contributed by atoms with E-state index >= 15 is 0 Å². The highest BCUT2D eigenvalue weighted by atomic mass is 32.2. The van der Waals surface area contributed by atoms with Gasteiger partial charge in [-0.25, -0.2) is 0 Å². The fourth-order valence-corrected chi connectivity index (χ4v) is 2.81. The molecular weight excluding hydrogens is 270 g/mol. The lowest BCUT2D eigenvalue weighted by molar-refractivity contribution is -0.149. The minimum absolute atomic E-state index is 0.161. The van der Waals surface area contributed by atoms with Crippen LogP contribution in [0.25, 0.3) is 0 Å². The van der Waals surface area contributed by atoms with E-state index in [0.29, 0.717) is 5.75 Å². The predicted octanol–water partition coefficient (Wildman–Crippen LogP) is 3.48. The molecular formula is C16H25NO2S. The average molecular weight is 295 g/mol. The Labute approximate surface area is 126 Å². The average Bonchev–Trinajstić information content (AvgIpc) is 2.45. The quantitative estimate of drug-likeness (QED) is 0.453. The zero-order chi connectivity index (χ0) is 15.0. The van der Waals surface area contributed by atoms with Gasteiger partial charge < -0.3 is 10.1 Å². The van der Waals surface area contributed by atoms with Crippen molar-refractivity contribution in [3.63, 3.8) is 0 Å². The molecule has 0 aliphatic heterocycles. The van der Waals surface area contributed by atoms with Gasteiger partial charge in [0.1, 0.15) is 0 Å². The normalized spacial score (nSPS) is 11.4. The lowest BCUT2D eigenvalue weighted by atomic mass is 9.97. The molecule has 0 aromatic heterocycles. The molecule has 0 heterocycles. The third kappa shape index (κ3) is 5.55. The molecule has 112 valence electrons. The molecule has 0 atom stereocenters. The number of thioether (sulfide) groups is 1. The molecule has 3 nitrogen and oxygen atoms in total. The van der Waals surface area contributed by atoms with Crippen LogP contribution in [-0.4, -0.2) is 25.4 Å². The lowest BCUT2D eigenvalue weighted by Gasteiger charge is -2.20. The number of benzene rings is 1. The van der Waals surface area contributed by atoms with Crippen LogP contribution in [0.2, 0.25) is 0 Å². The molecule has 0 unspecified atom stereocenters. The Hall–Kier alpha value is -1.00. The number of hydrogen-bond acceptors (Lipinski definition) is 4. The van der Waals surface area contributed by atoms with Gasteiger partial charge in [-0.15, -0.1) is 11.8 Å². The minimum Gasteiger partial charge on any atom is -0.469 e. The molecule has 0 aliphatic rings. The summed E-state index contributed by atoms with van der Waals surface area (Å²) in [5, 5.41) is 3.39. The van der Waals surface area contributed by atoms with E-state index < -0.39 is 5.41 Å². The van der Waals surface area contributed by atoms with E-state index in [9.17, 15) is 4.79 Å². The third-order valence-corrected chi connectivity index (χ3v) is 4.45. The molecule has 4 heteroatoms. The van der Waals surface area contributed by atoms with Gasteiger partial charge in [-0.05, 0) is 44.5 Å². The molecule has 1 aromatic carbocycles. The zero-order valence-corrected chi connectivity index (χ0v) is 13.7. The van der Waals surface area contributed by atoms with Gasteiger partial charge in [-0.1, -0.05) is 19.1 Å². The van der Waals surface area contributed by atoms with Gasteiger partial charge in [-0.2, -0.15) is 0 Å². The number of rotatable bonds is 8. The van der Waals surface area contributed by atoms with Gasteiger partial charge in [0, 0.05) is 17.2 Å². The molecule has 0 bridgehead atoms. The summed E-state index contributed by atoms with van der Waals surface area (Å²) in [7, 11) is 1.44. The first-order chi connectivity index (χ1) is 9.49. The Morgan fingerprint density at radius 3 is 2.80 bits per heavy atom. The van der Waals surface area contributed by atoms with E-state index in [-0.39, 0.29) is 5.97 Å². The van der Waals surface area contributed by atoms with Crippen LogP contribution in [0.3, 0.4) is 0 Å². The van der Waals surface area contributed by atoms with Crippen LogP contribution >= 0.6 is 11.8 Å². The summed E-state index contributed by atoms with van der Waals surface area (Å²) in [5.41, 5.74) is 0.815. The van der Waals surface area contributed by atoms with Gasteiger partial charge >= 0.3 is 5.97 Å². The van der Waals surface area contributed by atoms with Crippen molar-refractivity contribution in [2.45, 2.75) is 38.6 Å². The molecule has 0 saturated heterocycles. The highest BCUT2D eigenvalue weighted by molar-refractivity contribution is 7.99. The Morgan fingerprint density at radius 1 is 1.40 bits per heavy atom. The van der Waals surface area contributed by atoms with Gasteiger partial charge in [0.15, 0.2) is 0 Å². The molecule has 0 radical (unpaired) electrons. The minimum atomic E-state index is -0.462. The highest BCUT2D eigenvalue weighted by Crippen LogP contribution is 2.29. The smallest absolute Gasteiger partial charge is 0.312 e. The van der Waals surface area contributed by atoms with Gasteiger partial charge in [0.2, 0.25) is 0 Å². The first-order valence-electron chi connectivity index (χ1n) is 7.00. The molecule has 0 fully saturated rings. The Balaban J connectivity index is 2.56. The van der Waals surface area contributed by atoms with Crippen molar-refractivity contribution in [1.29, 1.82) is 0 Å². The zero-order valence-electron chi connectivity index (χ0n) is 12.9. The van der Waals surface area contributed by atoms with E-state index in [0.717, 1.165) is 19.5 Å². The first-order valence-corrected chi connectivity index (χ1v) is 7.99. The van der Waals surface area contributed by atoms with Gasteiger partial charge in [-0.3, -0.25) is 4.79 Å². The maximum absolute atomic E-state index is 11.7. The number of carbonyl (C=O) groups is 1. The van der Waals surface area contributed by atoms with Crippen LogP contribution in [0.4, 0.5) is 0 Å². The van der Waals surface area contributed by atoms with Crippen molar-refractivity contribution in [2.75, 3.05) is 19.4 Å². The summed E-state index contributed by atoms with van der Waals surface area (Å²) in [6.45, 7) is 7.92. The number of esters is 1. The fraction of sp³-hybridized carbons (Fsp3) is 0.562. The number of ether oxygens (including phenoxy) is 1. The van der Waals surface area contributed by atoms with Crippen LogP contribution in [0.15, 0.2) is 29.2 Å². The second-order valence-corrected chi connectivity index (χ2v) is 6.54. The lowest BCUT2D eigenvalue weighted by Crippen LogP contribution is -2.28. The van der Waals surface area contributed by atoms with E-state index in [1.54, 1.807) is 11.8 Å². The van der Waals surface area contributed by atoms with Crippen molar-refractivity contribution in [3.8, 4) is 0 Å². The number of nitrogens with one attached hydrogen (secondary N) is 1.